The fourth-order valence-electron chi connectivity index (χ4n) is 3.02. The average Bonchev–Trinajstić information content (AvgIpc) is 3.01. The van der Waals surface area contributed by atoms with Crippen LogP contribution >= 0.6 is 0 Å². The van der Waals surface area contributed by atoms with Gasteiger partial charge in [0.25, 0.3) is 0 Å². The van der Waals surface area contributed by atoms with Crippen LogP contribution in [0.25, 0.3) is 11.1 Å². The van der Waals surface area contributed by atoms with E-state index in [4.69, 9.17) is 4.42 Å². The van der Waals surface area contributed by atoms with E-state index in [1.807, 2.05) is 44.2 Å². The van der Waals surface area contributed by atoms with E-state index in [1.165, 1.54) is 29.8 Å². The van der Waals surface area contributed by atoms with Crippen molar-refractivity contribution in [2.75, 3.05) is 0 Å². The van der Waals surface area contributed by atoms with Gasteiger partial charge in [0.05, 0.1) is 10.4 Å². The van der Waals surface area contributed by atoms with E-state index in [1.54, 1.807) is 0 Å². The molecule has 0 saturated carbocycles. The minimum atomic E-state index is -4.04. The summed E-state index contributed by atoms with van der Waals surface area (Å²) in [4.78, 5) is 24.4. The first-order valence-corrected chi connectivity index (χ1v) is 11.2. The van der Waals surface area contributed by atoms with Gasteiger partial charge in [-0.1, -0.05) is 37.3 Å². The predicted molar refractivity (Wildman–Crippen MR) is 114 cm³/mol. The number of sulfonamides is 1. The fraction of sp³-hybridized carbons (Fsp3) is 0.333. The third-order valence-corrected chi connectivity index (χ3v) is 6.44. The van der Waals surface area contributed by atoms with Crippen LogP contribution in [0, 0.1) is 0 Å². The summed E-state index contributed by atoms with van der Waals surface area (Å²) in [6.45, 7) is 3.79. The van der Waals surface area contributed by atoms with Crippen LogP contribution in [0.1, 0.15) is 25.8 Å². The minimum Gasteiger partial charge on any atom is -0.408 e. The molecule has 2 N–H and O–H groups in total. The molecule has 0 aliphatic heterocycles. The third kappa shape index (κ3) is 4.80. The van der Waals surface area contributed by atoms with Crippen LogP contribution in [0.5, 0.6) is 0 Å². The number of hydrogen-bond donors (Lipinski definition) is 2. The second-order valence-corrected chi connectivity index (χ2v) is 8.95. The van der Waals surface area contributed by atoms with E-state index in [2.05, 4.69) is 10.0 Å². The molecule has 0 bridgehead atoms. The van der Waals surface area contributed by atoms with Crippen LogP contribution in [0.3, 0.4) is 0 Å². The Hall–Kier alpha value is -2.91. The molecule has 30 heavy (non-hydrogen) atoms. The number of amides is 1. The van der Waals surface area contributed by atoms with Crippen molar-refractivity contribution in [3.05, 3.63) is 64.6 Å². The summed E-state index contributed by atoms with van der Waals surface area (Å²) in [7, 11) is -2.51. The Kier molecular flexibility index (Phi) is 6.42. The first-order chi connectivity index (χ1) is 14.2. The summed E-state index contributed by atoms with van der Waals surface area (Å²) in [6.07, 6.45) is 0.922. The summed E-state index contributed by atoms with van der Waals surface area (Å²) < 4.78 is 34.9. The minimum absolute atomic E-state index is 0.0845. The smallest absolute Gasteiger partial charge is 0.408 e. The number of carbonyl (C=O) groups is 1. The molecule has 3 rings (SSSR count). The number of oxazole rings is 1. The van der Waals surface area contributed by atoms with E-state index in [9.17, 15) is 18.0 Å². The summed E-state index contributed by atoms with van der Waals surface area (Å²) in [6, 6.07) is 12.3. The van der Waals surface area contributed by atoms with Gasteiger partial charge in [-0.3, -0.25) is 9.36 Å². The van der Waals surface area contributed by atoms with Gasteiger partial charge in [0.15, 0.2) is 5.58 Å². The van der Waals surface area contributed by atoms with Crippen molar-refractivity contribution >= 4 is 27.0 Å². The zero-order valence-corrected chi connectivity index (χ0v) is 17.9. The number of fused-ring (bicyclic) bond motifs is 1. The van der Waals surface area contributed by atoms with Crippen LogP contribution in [0.15, 0.2) is 62.6 Å². The summed E-state index contributed by atoms with van der Waals surface area (Å²) in [5.74, 6) is -0.980. The van der Waals surface area contributed by atoms with Gasteiger partial charge in [-0.05, 0) is 37.5 Å². The highest BCUT2D eigenvalue weighted by atomic mass is 32.2. The molecule has 2 aromatic carbocycles. The molecule has 0 aliphatic rings. The van der Waals surface area contributed by atoms with Crippen molar-refractivity contribution in [2.24, 2.45) is 7.05 Å². The van der Waals surface area contributed by atoms with Gasteiger partial charge >= 0.3 is 5.76 Å². The third-order valence-electron chi connectivity index (χ3n) is 4.97. The zero-order valence-electron chi connectivity index (χ0n) is 17.1. The normalized spacial score (nSPS) is 13.8. The van der Waals surface area contributed by atoms with Crippen molar-refractivity contribution in [3.63, 3.8) is 0 Å². The molecule has 2 atom stereocenters. The van der Waals surface area contributed by atoms with Crippen molar-refractivity contribution in [1.29, 1.82) is 0 Å². The molecule has 3 aromatic rings. The van der Waals surface area contributed by atoms with Crippen LogP contribution in [-0.4, -0.2) is 31.0 Å². The van der Waals surface area contributed by atoms with Crippen molar-refractivity contribution in [2.45, 2.75) is 43.7 Å². The van der Waals surface area contributed by atoms with Gasteiger partial charge in [0.1, 0.15) is 6.04 Å². The van der Waals surface area contributed by atoms with Crippen LogP contribution < -0.4 is 15.8 Å². The molecule has 0 spiro atoms. The molecule has 1 aromatic heterocycles. The SMILES string of the molecule is CC[C@@H](C)NC(=O)[C@@H](Cc1ccccc1)NS(=O)(=O)c1ccc2c(c1)oc(=O)n2C. The Morgan fingerprint density at radius 3 is 2.53 bits per heavy atom. The number of aromatic nitrogens is 1. The average molecular weight is 432 g/mol. The molecule has 1 heterocycles. The molecular weight excluding hydrogens is 406 g/mol. The van der Waals surface area contributed by atoms with Gasteiger partial charge < -0.3 is 9.73 Å². The Labute approximate surface area is 174 Å². The maximum atomic E-state index is 13.0. The van der Waals surface area contributed by atoms with Crippen molar-refractivity contribution in [1.82, 2.24) is 14.6 Å². The monoisotopic (exact) mass is 431 g/mol. The number of aryl methyl sites for hydroxylation is 1. The van der Waals surface area contributed by atoms with E-state index >= 15 is 0 Å². The second-order valence-electron chi connectivity index (χ2n) is 7.24. The lowest BCUT2D eigenvalue weighted by atomic mass is 10.1. The fourth-order valence-corrected chi connectivity index (χ4v) is 4.23. The first kappa shape index (κ1) is 21.8. The number of nitrogens with zero attached hydrogens (tertiary/aromatic N) is 1. The van der Waals surface area contributed by atoms with Gasteiger partial charge in [-0.2, -0.15) is 4.72 Å². The van der Waals surface area contributed by atoms with Crippen molar-refractivity contribution < 1.29 is 17.6 Å². The van der Waals surface area contributed by atoms with Crippen molar-refractivity contribution in [3.8, 4) is 0 Å². The number of hydrogen-bond acceptors (Lipinski definition) is 5. The highest BCUT2D eigenvalue weighted by Gasteiger charge is 2.27. The first-order valence-electron chi connectivity index (χ1n) is 9.67. The lowest BCUT2D eigenvalue weighted by Gasteiger charge is -2.21. The number of nitrogens with one attached hydrogen (secondary N) is 2. The standard InChI is InChI=1S/C21H25N3O5S/c1-4-14(2)22-20(25)17(12-15-8-6-5-7-9-15)23-30(27,28)16-10-11-18-19(13-16)29-21(26)24(18)3/h5-11,13-14,17,23H,4,12H2,1-3H3,(H,22,25)/t14-,17-/m1/s1. The molecule has 0 aliphatic carbocycles. The van der Waals surface area contributed by atoms with E-state index in [-0.39, 0.29) is 22.9 Å². The Morgan fingerprint density at radius 1 is 1.17 bits per heavy atom. The molecule has 0 radical (unpaired) electrons. The Bertz CT molecular complexity index is 1200. The van der Waals surface area contributed by atoms with E-state index in [0.29, 0.717) is 5.52 Å². The summed E-state index contributed by atoms with van der Waals surface area (Å²) in [5, 5.41) is 2.84. The Morgan fingerprint density at radius 2 is 1.87 bits per heavy atom. The predicted octanol–water partition coefficient (Wildman–Crippen LogP) is 1.94. The molecule has 0 fully saturated rings. The molecule has 0 unspecified atom stereocenters. The molecular formula is C21H25N3O5S. The van der Waals surface area contributed by atoms with E-state index in [0.717, 1.165) is 12.0 Å². The van der Waals surface area contributed by atoms with Gasteiger partial charge in [-0.25, -0.2) is 13.2 Å². The Balaban J connectivity index is 1.91. The summed E-state index contributed by atoms with van der Waals surface area (Å²) in [5.41, 5.74) is 1.47. The largest absolute Gasteiger partial charge is 0.419 e. The topological polar surface area (TPSA) is 110 Å². The van der Waals surface area contributed by atoms with Crippen LogP contribution in [0.2, 0.25) is 0 Å². The maximum Gasteiger partial charge on any atom is 0.419 e. The quantitative estimate of drug-likeness (QED) is 0.566. The highest BCUT2D eigenvalue weighted by Crippen LogP contribution is 2.19. The van der Waals surface area contributed by atoms with E-state index < -0.39 is 27.7 Å². The molecule has 0 saturated heterocycles. The van der Waals surface area contributed by atoms with Gasteiger partial charge in [0.2, 0.25) is 15.9 Å². The van der Waals surface area contributed by atoms with Crippen LogP contribution in [-0.2, 0) is 28.3 Å². The zero-order chi connectivity index (χ0) is 21.9. The second kappa shape index (κ2) is 8.85. The number of rotatable bonds is 8. The lowest BCUT2D eigenvalue weighted by molar-refractivity contribution is -0.123. The molecule has 1 amide bonds. The van der Waals surface area contributed by atoms with Gasteiger partial charge in [0, 0.05) is 19.2 Å². The summed E-state index contributed by atoms with van der Waals surface area (Å²) >= 11 is 0. The maximum absolute atomic E-state index is 13.0. The molecule has 8 nitrogen and oxygen atoms in total. The lowest BCUT2D eigenvalue weighted by Crippen LogP contribution is -2.50. The highest BCUT2D eigenvalue weighted by molar-refractivity contribution is 7.89. The number of carbonyl (C=O) groups excluding carboxylic acids is 1. The number of benzene rings is 2. The van der Waals surface area contributed by atoms with Crippen LogP contribution in [0.4, 0.5) is 0 Å². The molecule has 160 valence electrons. The molecule has 9 heteroatoms. The van der Waals surface area contributed by atoms with Gasteiger partial charge in [-0.15, -0.1) is 0 Å².